The standard InChI is InChI=1S/C8H12F2N4O/c1-11-4-8(15)12-7-2-3-14(13-7)5-6(9)10/h2-3,6,11H,4-5H2,1H3,(H,12,13,15). The van der Waals surface area contributed by atoms with Gasteiger partial charge in [0.25, 0.3) is 6.43 Å². The van der Waals surface area contributed by atoms with Gasteiger partial charge in [-0.3, -0.25) is 9.48 Å². The Morgan fingerprint density at radius 1 is 1.67 bits per heavy atom. The first-order valence-electron chi connectivity index (χ1n) is 4.38. The lowest BCUT2D eigenvalue weighted by atomic mass is 10.5. The average Bonchev–Trinajstić information content (AvgIpc) is 2.51. The smallest absolute Gasteiger partial charge is 0.257 e. The molecule has 0 radical (unpaired) electrons. The molecule has 0 atom stereocenters. The molecule has 0 spiro atoms. The van der Waals surface area contributed by atoms with E-state index in [4.69, 9.17) is 0 Å². The Labute approximate surface area is 85.5 Å². The molecule has 1 amide bonds. The number of nitrogens with one attached hydrogen (secondary N) is 2. The highest BCUT2D eigenvalue weighted by Crippen LogP contribution is 2.04. The Kier molecular flexibility index (Phi) is 4.17. The largest absolute Gasteiger partial charge is 0.311 e. The molecule has 0 fully saturated rings. The molecule has 0 bridgehead atoms. The number of alkyl halides is 2. The quantitative estimate of drug-likeness (QED) is 0.747. The van der Waals surface area contributed by atoms with Crippen LogP contribution < -0.4 is 10.6 Å². The fraction of sp³-hybridized carbons (Fsp3) is 0.500. The van der Waals surface area contributed by atoms with Crippen molar-refractivity contribution in [2.45, 2.75) is 13.0 Å². The molecule has 0 saturated heterocycles. The van der Waals surface area contributed by atoms with E-state index in [1.165, 1.54) is 12.3 Å². The van der Waals surface area contributed by atoms with Gasteiger partial charge in [-0.05, 0) is 7.05 Å². The van der Waals surface area contributed by atoms with Crippen LogP contribution in [0.15, 0.2) is 12.3 Å². The normalized spacial score (nSPS) is 10.7. The molecular formula is C8H12F2N4O. The first-order chi connectivity index (χ1) is 7.11. The average molecular weight is 218 g/mol. The van der Waals surface area contributed by atoms with Crippen molar-refractivity contribution in [1.29, 1.82) is 0 Å². The number of rotatable bonds is 5. The molecule has 5 nitrogen and oxygen atoms in total. The Hall–Kier alpha value is -1.50. The van der Waals surface area contributed by atoms with Gasteiger partial charge in [0.15, 0.2) is 5.82 Å². The van der Waals surface area contributed by atoms with Crippen molar-refractivity contribution in [3.63, 3.8) is 0 Å². The highest BCUT2D eigenvalue weighted by molar-refractivity contribution is 5.91. The number of carbonyl (C=O) groups is 1. The van der Waals surface area contributed by atoms with Crippen LogP contribution in [0.2, 0.25) is 0 Å². The van der Waals surface area contributed by atoms with Crippen LogP contribution in [0.1, 0.15) is 0 Å². The minimum absolute atomic E-state index is 0.154. The Balaban J connectivity index is 2.49. The molecule has 2 N–H and O–H groups in total. The summed E-state index contributed by atoms with van der Waals surface area (Å²) in [5.41, 5.74) is 0. The van der Waals surface area contributed by atoms with Gasteiger partial charge >= 0.3 is 0 Å². The van der Waals surface area contributed by atoms with E-state index in [-0.39, 0.29) is 18.3 Å². The number of aromatic nitrogens is 2. The summed E-state index contributed by atoms with van der Waals surface area (Å²) < 4.78 is 25.0. The zero-order chi connectivity index (χ0) is 11.3. The maximum absolute atomic E-state index is 12.0. The van der Waals surface area contributed by atoms with Crippen LogP contribution in [-0.4, -0.2) is 35.7 Å². The van der Waals surface area contributed by atoms with Crippen molar-refractivity contribution in [3.05, 3.63) is 12.3 Å². The summed E-state index contributed by atoms with van der Waals surface area (Å²) in [5, 5.41) is 8.87. The third-order valence-corrected chi connectivity index (χ3v) is 1.57. The van der Waals surface area contributed by atoms with Crippen LogP contribution in [-0.2, 0) is 11.3 Å². The molecule has 1 rings (SSSR count). The van der Waals surface area contributed by atoms with E-state index in [0.29, 0.717) is 0 Å². The number of hydrogen-bond donors (Lipinski definition) is 2. The third kappa shape index (κ3) is 4.03. The van der Waals surface area contributed by atoms with Gasteiger partial charge < -0.3 is 10.6 Å². The molecule has 1 aromatic heterocycles. The van der Waals surface area contributed by atoms with Crippen molar-refractivity contribution in [2.75, 3.05) is 18.9 Å². The van der Waals surface area contributed by atoms with Crippen LogP contribution in [0.4, 0.5) is 14.6 Å². The molecule has 0 aromatic carbocycles. The summed E-state index contributed by atoms with van der Waals surface area (Å²) in [6.45, 7) is -0.316. The van der Waals surface area contributed by atoms with Crippen molar-refractivity contribution in [3.8, 4) is 0 Å². The van der Waals surface area contributed by atoms with Gasteiger partial charge in [-0.15, -0.1) is 0 Å². The highest BCUT2D eigenvalue weighted by Gasteiger charge is 2.07. The lowest BCUT2D eigenvalue weighted by Gasteiger charge is -2.01. The molecular weight excluding hydrogens is 206 g/mol. The summed E-state index contributed by atoms with van der Waals surface area (Å²) in [7, 11) is 1.63. The minimum atomic E-state index is -2.45. The van der Waals surface area contributed by atoms with Gasteiger partial charge in [0, 0.05) is 12.3 Å². The lowest BCUT2D eigenvalue weighted by Crippen LogP contribution is -2.25. The Morgan fingerprint density at radius 2 is 2.40 bits per heavy atom. The first-order valence-corrected chi connectivity index (χ1v) is 4.38. The number of hydrogen-bond acceptors (Lipinski definition) is 3. The van der Waals surface area contributed by atoms with Gasteiger partial charge in [0.2, 0.25) is 5.91 Å². The van der Waals surface area contributed by atoms with Crippen LogP contribution in [0.3, 0.4) is 0 Å². The fourth-order valence-corrected chi connectivity index (χ4v) is 1.02. The summed E-state index contributed by atoms with van der Waals surface area (Å²) in [6, 6.07) is 1.47. The topological polar surface area (TPSA) is 59.0 Å². The van der Waals surface area contributed by atoms with Crippen LogP contribution in [0.25, 0.3) is 0 Å². The van der Waals surface area contributed by atoms with E-state index in [0.717, 1.165) is 4.68 Å². The summed E-state index contributed by atoms with van der Waals surface area (Å²) in [4.78, 5) is 11.1. The first kappa shape index (κ1) is 11.6. The molecule has 0 aliphatic heterocycles. The van der Waals surface area contributed by atoms with E-state index < -0.39 is 13.0 Å². The number of anilines is 1. The molecule has 0 unspecified atom stereocenters. The molecule has 0 saturated carbocycles. The number of likely N-dealkylation sites (N-methyl/N-ethyl adjacent to an activating group) is 1. The van der Waals surface area contributed by atoms with Gasteiger partial charge in [0.1, 0.15) is 6.54 Å². The van der Waals surface area contributed by atoms with E-state index in [1.54, 1.807) is 7.05 Å². The predicted octanol–water partition coefficient (Wildman–Crippen LogP) is 0.306. The third-order valence-electron chi connectivity index (χ3n) is 1.57. The SMILES string of the molecule is CNCC(=O)Nc1ccn(CC(F)F)n1. The van der Waals surface area contributed by atoms with E-state index in [2.05, 4.69) is 15.7 Å². The second-order valence-corrected chi connectivity index (χ2v) is 2.89. The van der Waals surface area contributed by atoms with Crippen LogP contribution in [0, 0.1) is 0 Å². The number of halogens is 2. The number of nitrogens with zero attached hydrogens (tertiary/aromatic N) is 2. The summed E-state index contributed by atoms with van der Waals surface area (Å²) in [6.07, 6.45) is -1.06. The molecule has 1 heterocycles. The Morgan fingerprint density at radius 3 is 3.00 bits per heavy atom. The second kappa shape index (κ2) is 5.40. The monoisotopic (exact) mass is 218 g/mol. The van der Waals surface area contributed by atoms with E-state index in [9.17, 15) is 13.6 Å². The van der Waals surface area contributed by atoms with Crippen molar-refractivity contribution in [1.82, 2.24) is 15.1 Å². The van der Waals surface area contributed by atoms with Gasteiger partial charge in [-0.1, -0.05) is 0 Å². The van der Waals surface area contributed by atoms with E-state index in [1.807, 2.05) is 0 Å². The summed E-state index contributed by atoms with van der Waals surface area (Å²) >= 11 is 0. The maximum Gasteiger partial charge on any atom is 0.257 e. The van der Waals surface area contributed by atoms with Gasteiger partial charge in [0.05, 0.1) is 6.54 Å². The zero-order valence-electron chi connectivity index (χ0n) is 8.20. The van der Waals surface area contributed by atoms with E-state index >= 15 is 0 Å². The minimum Gasteiger partial charge on any atom is -0.311 e. The molecule has 7 heteroatoms. The molecule has 0 aliphatic carbocycles. The van der Waals surface area contributed by atoms with Gasteiger partial charge in [-0.2, -0.15) is 5.10 Å². The zero-order valence-corrected chi connectivity index (χ0v) is 8.20. The highest BCUT2D eigenvalue weighted by atomic mass is 19.3. The Bertz CT molecular complexity index is 326. The second-order valence-electron chi connectivity index (χ2n) is 2.89. The molecule has 1 aromatic rings. The van der Waals surface area contributed by atoms with Crippen molar-refractivity contribution in [2.24, 2.45) is 0 Å². The predicted molar refractivity (Wildman–Crippen MR) is 50.8 cm³/mol. The fourth-order valence-electron chi connectivity index (χ4n) is 1.02. The lowest BCUT2D eigenvalue weighted by molar-refractivity contribution is -0.115. The summed E-state index contributed by atoms with van der Waals surface area (Å²) in [5.74, 6) is 0.00990. The molecule has 15 heavy (non-hydrogen) atoms. The van der Waals surface area contributed by atoms with Crippen molar-refractivity contribution >= 4 is 11.7 Å². The molecule has 84 valence electrons. The van der Waals surface area contributed by atoms with Crippen LogP contribution >= 0.6 is 0 Å². The van der Waals surface area contributed by atoms with Gasteiger partial charge in [-0.25, -0.2) is 8.78 Å². The number of carbonyl (C=O) groups excluding carboxylic acids is 1. The number of amides is 1. The van der Waals surface area contributed by atoms with Crippen LogP contribution in [0.5, 0.6) is 0 Å². The molecule has 0 aliphatic rings. The maximum atomic E-state index is 12.0. The van der Waals surface area contributed by atoms with Crippen molar-refractivity contribution < 1.29 is 13.6 Å².